The predicted molar refractivity (Wildman–Crippen MR) is 76.0 cm³/mol. The van der Waals surface area contributed by atoms with Gasteiger partial charge in [-0.25, -0.2) is 0 Å². The van der Waals surface area contributed by atoms with Crippen molar-refractivity contribution in [2.75, 3.05) is 0 Å². The van der Waals surface area contributed by atoms with Crippen LogP contribution < -0.4 is 0 Å². The average Bonchev–Trinajstić information content (AvgIpc) is 2.90. The molecule has 0 atom stereocenters. The van der Waals surface area contributed by atoms with Gasteiger partial charge in [-0.05, 0) is 35.7 Å². The molecule has 0 radical (unpaired) electrons. The molecule has 0 fully saturated rings. The summed E-state index contributed by atoms with van der Waals surface area (Å²) < 4.78 is 2.97. The maximum absolute atomic E-state index is 2.34. The highest BCUT2D eigenvalue weighted by Gasteiger charge is 2.07. The lowest BCUT2D eigenvalue weighted by molar-refractivity contribution is 1.19. The van der Waals surface area contributed by atoms with Gasteiger partial charge < -0.3 is 0 Å². The Morgan fingerprint density at radius 3 is 1.62 bits per heavy atom. The van der Waals surface area contributed by atoms with Gasteiger partial charge in [-0.1, -0.05) is 26.0 Å². The number of fused-ring (bicyclic) bond motifs is 3. The lowest BCUT2D eigenvalue weighted by Gasteiger charge is -1.90. The molecule has 0 amide bonds. The third-order valence-corrected chi connectivity index (χ3v) is 5.72. The van der Waals surface area contributed by atoms with Crippen LogP contribution in [0.1, 0.15) is 23.6 Å². The summed E-state index contributed by atoms with van der Waals surface area (Å²) >= 11 is 3.92. The minimum Gasteiger partial charge on any atom is -0.139 e. The molecule has 3 aromatic rings. The summed E-state index contributed by atoms with van der Waals surface area (Å²) in [6.07, 6.45) is 2.29. The number of hydrogen-bond acceptors (Lipinski definition) is 2. The van der Waals surface area contributed by atoms with E-state index in [0.717, 1.165) is 12.8 Å². The van der Waals surface area contributed by atoms with E-state index in [1.54, 1.807) is 0 Å². The van der Waals surface area contributed by atoms with E-state index in [0.29, 0.717) is 0 Å². The van der Waals surface area contributed by atoms with Gasteiger partial charge in [0.05, 0.1) is 9.40 Å². The molecule has 0 nitrogen and oxygen atoms in total. The molecule has 0 aliphatic rings. The largest absolute Gasteiger partial charge is 0.139 e. The SMILES string of the molecule is CCc1cc2ccc3cc(CC)sc3c2s1. The van der Waals surface area contributed by atoms with Crippen LogP contribution in [0, 0.1) is 0 Å². The number of thiophene rings is 2. The Bertz CT molecular complexity index is 586. The van der Waals surface area contributed by atoms with Gasteiger partial charge in [0, 0.05) is 9.75 Å². The van der Waals surface area contributed by atoms with Crippen LogP contribution in [0.2, 0.25) is 0 Å². The second kappa shape index (κ2) is 3.86. The lowest BCUT2D eigenvalue weighted by Crippen LogP contribution is -1.65. The zero-order valence-corrected chi connectivity index (χ0v) is 11.2. The van der Waals surface area contributed by atoms with Gasteiger partial charge in [0.1, 0.15) is 0 Å². The van der Waals surface area contributed by atoms with Crippen LogP contribution in [0.4, 0.5) is 0 Å². The summed E-state index contributed by atoms with van der Waals surface area (Å²) in [5.74, 6) is 0. The zero-order chi connectivity index (χ0) is 11.1. The van der Waals surface area contributed by atoms with Crippen molar-refractivity contribution in [1.29, 1.82) is 0 Å². The molecule has 16 heavy (non-hydrogen) atoms. The van der Waals surface area contributed by atoms with E-state index in [1.165, 1.54) is 29.9 Å². The molecule has 2 aromatic heterocycles. The van der Waals surface area contributed by atoms with Gasteiger partial charge in [0.2, 0.25) is 0 Å². The zero-order valence-electron chi connectivity index (χ0n) is 9.54. The fourth-order valence-corrected chi connectivity index (χ4v) is 4.39. The maximum atomic E-state index is 2.34. The fraction of sp³-hybridized carbons (Fsp3) is 0.286. The molecule has 1 aromatic carbocycles. The van der Waals surface area contributed by atoms with Crippen molar-refractivity contribution >= 4 is 42.8 Å². The van der Waals surface area contributed by atoms with Crippen LogP contribution in [0.5, 0.6) is 0 Å². The predicted octanol–water partition coefficient (Wildman–Crippen LogP) is 5.24. The Balaban J connectivity index is 2.37. The molecule has 3 rings (SSSR count). The summed E-state index contributed by atoms with van der Waals surface area (Å²) in [7, 11) is 0. The minimum absolute atomic E-state index is 1.15. The van der Waals surface area contributed by atoms with Crippen molar-refractivity contribution < 1.29 is 0 Å². The molecule has 0 saturated carbocycles. The van der Waals surface area contributed by atoms with Crippen LogP contribution >= 0.6 is 22.7 Å². The van der Waals surface area contributed by atoms with Crippen LogP contribution in [0.3, 0.4) is 0 Å². The molecule has 0 bridgehead atoms. The van der Waals surface area contributed by atoms with Crippen molar-refractivity contribution in [3.63, 3.8) is 0 Å². The van der Waals surface area contributed by atoms with Crippen LogP contribution in [-0.4, -0.2) is 0 Å². The molecular formula is C14H14S2. The Hall–Kier alpha value is -0.860. The Kier molecular flexibility index (Phi) is 2.49. The molecule has 2 heteroatoms. The van der Waals surface area contributed by atoms with Crippen molar-refractivity contribution in [2.45, 2.75) is 26.7 Å². The molecule has 0 N–H and O–H groups in total. The van der Waals surface area contributed by atoms with Crippen molar-refractivity contribution in [3.05, 3.63) is 34.0 Å². The molecule has 0 spiro atoms. The first-order valence-corrected chi connectivity index (χ1v) is 7.39. The molecule has 82 valence electrons. The minimum atomic E-state index is 1.15. The van der Waals surface area contributed by atoms with Crippen LogP contribution in [-0.2, 0) is 12.8 Å². The molecule has 0 aliphatic heterocycles. The van der Waals surface area contributed by atoms with Crippen molar-refractivity contribution in [1.82, 2.24) is 0 Å². The van der Waals surface area contributed by atoms with Gasteiger partial charge in [0.15, 0.2) is 0 Å². The number of hydrogen-bond donors (Lipinski definition) is 0. The van der Waals surface area contributed by atoms with Crippen LogP contribution in [0.25, 0.3) is 20.2 Å². The van der Waals surface area contributed by atoms with E-state index in [1.807, 2.05) is 22.7 Å². The summed E-state index contributed by atoms with van der Waals surface area (Å²) in [5.41, 5.74) is 0. The smallest absolute Gasteiger partial charge is 0.0524 e. The van der Waals surface area contributed by atoms with Crippen molar-refractivity contribution in [3.8, 4) is 0 Å². The van der Waals surface area contributed by atoms with Crippen LogP contribution in [0.15, 0.2) is 24.3 Å². The first kappa shape index (κ1) is 10.3. The van der Waals surface area contributed by atoms with Gasteiger partial charge in [-0.15, -0.1) is 22.7 Å². The summed E-state index contributed by atoms with van der Waals surface area (Å²) in [6.45, 7) is 4.46. The number of rotatable bonds is 2. The Labute approximate surface area is 104 Å². The fourth-order valence-electron chi connectivity index (χ4n) is 2.05. The standard InChI is InChI=1S/C14H14S2/c1-3-11-7-9-5-6-10-8-12(4-2)16-14(10)13(9)15-11/h5-8H,3-4H2,1-2H3. The third kappa shape index (κ3) is 1.48. The highest BCUT2D eigenvalue weighted by molar-refractivity contribution is 7.27. The number of aryl methyl sites for hydroxylation is 2. The molecule has 0 aliphatic carbocycles. The van der Waals surface area contributed by atoms with E-state index in [9.17, 15) is 0 Å². The first-order valence-electron chi connectivity index (χ1n) is 5.75. The van der Waals surface area contributed by atoms with Gasteiger partial charge in [-0.3, -0.25) is 0 Å². The van der Waals surface area contributed by atoms with E-state index < -0.39 is 0 Å². The third-order valence-electron chi connectivity index (χ3n) is 2.97. The first-order chi connectivity index (χ1) is 7.81. The molecule has 0 saturated heterocycles. The van der Waals surface area contributed by atoms with E-state index >= 15 is 0 Å². The number of benzene rings is 1. The Morgan fingerprint density at radius 2 is 1.25 bits per heavy atom. The van der Waals surface area contributed by atoms with E-state index in [4.69, 9.17) is 0 Å². The van der Waals surface area contributed by atoms with Gasteiger partial charge in [0.25, 0.3) is 0 Å². The highest BCUT2D eigenvalue weighted by atomic mass is 32.1. The normalized spacial score (nSPS) is 11.6. The summed E-state index contributed by atoms with van der Waals surface area (Å²) in [6, 6.07) is 9.20. The van der Waals surface area contributed by atoms with Gasteiger partial charge >= 0.3 is 0 Å². The maximum Gasteiger partial charge on any atom is 0.0524 e. The van der Waals surface area contributed by atoms with Crippen molar-refractivity contribution in [2.24, 2.45) is 0 Å². The molecule has 0 unspecified atom stereocenters. The lowest BCUT2D eigenvalue weighted by atomic mass is 10.2. The highest BCUT2D eigenvalue weighted by Crippen LogP contribution is 2.37. The topological polar surface area (TPSA) is 0 Å². The van der Waals surface area contributed by atoms with E-state index in [-0.39, 0.29) is 0 Å². The second-order valence-corrected chi connectivity index (χ2v) is 6.31. The average molecular weight is 246 g/mol. The second-order valence-electron chi connectivity index (χ2n) is 4.03. The molecule has 2 heterocycles. The van der Waals surface area contributed by atoms with E-state index in [2.05, 4.69) is 38.1 Å². The molecular weight excluding hydrogens is 232 g/mol. The monoisotopic (exact) mass is 246 g/mol. The summed E-state index contributed by atoms with van der Waals surface area (Å²) in [5, 5.41) is 2.83. The summed E-state index contributed by atoms with van der Waals surface area (Å²) in [4.78, 5) is 2.99. The quantitative estimate of drug-likeness (QED) is 0.580. The Morgan fingerprint density at radius 1 is 0.812 bits per heavy atom. The van der Waals surface area contributed by atoms with Gasteiger partial charge in [-0.2, -0.15) is 0 Å².